The summed E-state index contributed by atoms with van der Waals surface area (Å²) in [7, 11) is 0. The van der Waals surface area contributed by atoms with E-state index in [1.54, 1.807) is 22.5 Å². The normalized spacial score (nSPS) is 5.29. The molecule has 0 atom stereocenters. The second kappa shape index (κ2) is 15.6. The molecule has 0 nitrogen and oxygen atoms in total. The van der Waals surface area contributed by atoms with Crippen molar-refractivity contribution in [1.29, 1.82) is 0 Å². The molecule has 0 aliphatic heterocycles. The van der Waals surface area contributed by atoms with E-state index in [-0.39, 0.29) is 37.2 Å². The van der Waals surface area contributed by atoms with Gasteiger partial charge in [0.1, 0.15) is 0 Å². The van der Waals surface area contributed by atoms with Gasteiger partial charge in [-0.1, -0.05) is 0 Å². The average Bonchev–Trinajstić information content (AvgIpc) is 0.811. The zero-order chi connectivity index (χ0) is 3.58. The molecule has 0 fully saturated rings. The monoisotopic (exact) mass is 268 g/mol. The van der Waals surface area contributed by atoms with Crippen molar-refractivity contribution < 1.29 is 37.2 Å². The van der Waals surface area contributed by atoms with Gasteiger partial charge in [0.15, 0.2) is 0 Å². The minimum Gasteiger partial charge on any atom is -1.00 e. The molecule has 7 heavy (non-hydrogen) atoms. The van der Waals surface area contributed by atoms with E-state index in [4.69, 9.17) is 0 Å². The van der Waals surface area contributed by atoms with Crippen LogP contribution in [0, 0.1) is 0 Å². The first-order chi connectivity index (χ1) is 1.73. The molecule has 0 spiro atoms. The molecule has 0 N–H and O–H groups in total. The predicted molar refractivity (Wildman–Crippen MR) is 20.9 cm³/mol. The van der Waals surface area contributed by atoms with Crippen LogP contribution < -0.4 is 37.2 Å². The Labute approximate surface area is 77.1 Å². The van der Waals surface area contributed by atoms with Crippen molar-refractivity contribution in [2.75, 3.05) is 0 Å². The van der Waals surface area contributed by atoms with Crippen LogP contribution in [0.4, 0.5) is 0 Å². The Hall–Kier alpha value is 1.67. The van der Waals surface area contributed by atoms with Gasteiger partial charge in [-0.25, -0.2) is 0 Å². The summed E-state index contributed by atoms with van der Waals surface area (Å²) in [6.07, 6.45) is 0. The Bertz CT molecular complexity index is 14.9. The molecule has 0 unspecified atom stereocenters. The molecule has 4 heteroatoms. The first-order valence-corrected chi connectivity index (χ1v) is 3.09. The quantitative estimate of drug-likeness (QED) is 0.383. The van der Waals surface area contributed by atoms with Crippen molar-refractivity contribution in [3.8, 4) is 0 Å². The van der Waals surface area contributed by atoms with E-state index in [1.807, 2.05) is 0 Å². The largest absolute Gasteiger partial charge is 1.00 e. The number of hydrogen-bond donors (Lipinski definition) is 0. The van der Waals surface area contributed by atoms with E-state index < -0.39 is 0 Å². The Kier molecular flexibility index (Phi) is 52.3. The molecule has 0 aromatic rings. The summed E-state index contributed by atoms with van der Waals surface area (Å²) in [5.74, 6) is 0. The Balaban J connectivity index is -0.0000000150. The van der Waals surface area contributed by atoms with Gasteiger partial charge in [0.2, 0.25) is 0 Å². The van der Waals surface area contributed by atoms with Gasteiger partial charge in [-0.3, -0.25) is 0 Å². The van der Waals surface area contributed by atoms with Gasteiger partial charge in [-0.2, -0.15) is 0 Å². The van der Waals surface area contributed by atoms with E-state index >= 15 is 0 Å². The zero-order valence-corrected chi connectivity index (χ0v) is 9.33. The Morgan fingerprint density at radius 2 is 1.00 bits per heavy atom. The van der Waals surface area contributed by atoms with Crippen LogP contribution >= 0.6 is 0 Å². The summed E-state index contributed by atoms with van der Waals surface area (Å²) in [4.78, 5) is 0. The second-order valence-corrected chi connectivity index (χ2v) is 4.45. The molecule has 0 aromatic heterocycles. The molecule has 0 rings (SSSR count). The smallest absolute Gasteiger partial charge is 1.00 e. The topological polar surface area (TPSA) is 0 Å². The third-order valence-corrected chi connectivity index (χ3v) is 0. The van der Waals surface area contributed by atoms with E-state index in [9.17, 15) is 0 Å². The van der Waals surface area contributed by atoms with Crippen molar-refractivity contribution in [2.24, 2.45) is 0 Å². The maximum absolute atomic E-state index is 2.21. The van der Waals surface area contributed by atoms with Crippen LogP contribution in [-0.2, 0) is 0 Å². The number of halogens is 3. The van der Waals surface area contributed by atoms with Gasteiger partial charge < -0.3 is 37.2 Å². The standard InChI is InChI=1S/C3H7.3ClH.Sn/c1-3-2;;;;/h3H,1-2H3;3*1H;/q;;;;+3/p-3. The number of hydrogen-bond acceptors (Lipinski definition) is 0. The van der Waals surface area contributed by atoms with Crippen molar-refractivity contribution in [1.82, 2.24) is 0 Å². The third kappa shape index (κ3) is 88.5. The van der Waals surface area contributed by atoms with Gasteiger partial charge in [-0.05, 0) is 0 Å². The summed E-state index contributed by atoms with van der Waals surface area (Å²) in [6.45, 7) is 4.41. The molecule has 0 heterocycles. The fraction of sp³-hybridized carbons (Fsp3) is 1.00. The van der Waals surface area contributed by atoms with Gasteiger partial charge in [0, 0.05) is 0 Å². The van der Waals surface area contributed by atoms with Crippen molar-refractivity contribution in [3.05, 3.63) is 0 Å². The van der Waals surface area contributed by atoms with Crippen molar-refractivity contribution >= 4 is 22.5 Å². The van der Waals surface area contributed by atoms with Crippen LogP contribution in [0.5, 0.6) is 0 Å². The van der Waals surface area contributed by atoms with Gasteiger partial charge in [0.25, 0.3) is 0 Å². The summed E-state index contributed by atoms with van der Waals surface area (Å²) in [5, 5.41) is 0. The van der Waals surface area contributed by atoms with Crippen LogP contribution in [0.25, 0.3) is 0 Å². The third-order valence-electron chi connectivity index (χ3n) is 0. The minimum atomic E-state index is 0. The van der Waals surface area contributed by atoms with Crippen LogP contribution in [0.1, 0.15) is 13.8 Å². The molecule has 0 bridgehead atoms. The fourth-order valence-corrected chi connectivity index (χ4v) is 0. The summed E-state index contributed by atoms with van der Waals surface area (Å²) >= 11 is 1.64. The van der Waals surface area contributed by atoms with Crippen molar-refractivity contribution in [3.63, 3.8) is 0 Å². The molecule has 0 radical (unpaired) electrons. The van der Waals surface area contributed by atoms with Crippen LogP contribution in [-0.4, -0.2) is 22.5 Å². The molecule has 0 aliphatic rings. The summed E-state index contributed by atoms with van der Waals surface area (Å²) < 4.78 is 0.923. The zero-order valence-electron chi connectivity index (χ0n) is 4.21. The molecular weight excluding hydrogens is 261 g/mol. The molecule has 0 saturated carbocycles. The maximum Gasteiger partial charge on any atom is -1.00 e. The van der Waals surface area contributed by atoms with Gasteiger partial charge in [-0.15, -0.1) is 0 Å². The Morgan fingerprint density at radius 3 is 1.00 bits per heavy atom. The van der Waals surface area contributed by atoms with Crippen molar-refractivity contribution in [2.45, 2.75) is 17.8 Å². The van der Waals surface area contributed by atoms with Crippen LogP contribution in [0.15, 0.2) is 0 Å². The van der Waals surface area contributed by atoms with Crippen LogP contribution in [0.2, 0.25) is 3.93 Å². The fourth-order valence-electron chi connectivity index (χ4n) is 0. The molecule has 0 aliphatic carbocycles. The first kappa shape index (κ1) is 23.4. The number of rotatable bonds is 0. The average molecular weight is 268 g/mol. The van der Waals surface area contributed by atoms with Gasteiger partial charge in [0.05, 0.1) is 0 Å². The minimum absolute atomic E-state index is 0. The molecular formula is C3H7Cl3Sn. The van der Waals surface area contributed by atoms with E-state index in [2.05, 4.69) is 13.8 Å². The van der Waals surface area contributed by atoms with Gasteiger partial charge >= 0.3 is 40.3 Å². The second-order valence-electron chi connectivity index (χ2n) is 1.15. The first-order valence-electron chi connectivity index (χ1n) is 1.44. The Morgan fingerprint density at radius 1 is 1.00 bits per heavy atom. The van der Waals surface area contributed by atoms with E-state index in [0.717, 1.165) is 3.93 Å². The summed E-state index contributed by atoms with van der Waals surface area (Å²) in [5.41, 5.74) is 0. The van der Waals surface area contributed by atoms with E-state index in [1.165, 1.54) is 0 Å². The predicted octanol–water partition coefficient (Wildman–Crippen LogP) is -8.00. The van der Waals surface area contributed by atoms with Crippen LogP contribution in [0.3, 0.4) is 0 Å². The molecule has 0 amide bonds. The molecule has 0 saturated heterocycles. The molecule has 0 aromatic carbocycles. The summed E-state index contributed by atoms with van der Waals surface area (Å²) in [6, 6.07) is 0. The maximum atomic E-state index is 2.21. The van der Waals surface area contributed by atoms with E-state index in [0.29, 0.717) is 0 Å². The SMILES string of the molecule is C[CH](C)[Sn+3].[Cl-].[Cl-].[Cl-]. The molecule has 44 valence electrons.